The summed E-state index contributed by atoms with van der Waals surface area (Å²) in [7, 11) is 2.10. The Morgan fingerprint density at radius 3 is 2.65 bits per heavy atom. The Bertz CT molecular complexity index is 484. The first-order chi connectivity index (χ1) is 9.72. The third-order valence-corrected chi connectivity index (χ3v) is 3.84. The number of fused-ring (bicyclic) bond motifs is 1. The molecule has 0 radical (unpaired) electrons. The highest BCUT2D eigenvalue weighted by molar-refractivity contribution is 5.88. The van der Waals surface area contributed by atoms with Crippen molar-refractivity contribution < 1.29 is 4.79 Å². The summed E-state index contributed by atoms with van der Waals surface area (Å²) in [6, 6.07) is 7.71. The highest BCUT2D eigenvalue weighted by atomic mass is 16.2. The second kappa shape index (κ2) is 5.68. The van der Waals surface area contributed by atoms with Crippen molar-refractivity contribution in [3.05, 3.63) is 24.3 Å². The van der Waals surface area contributed by atoms with Gasteiger partial charge < -0.3 is 15.5 Å². The number of amides is 1. The molecule has 6 heteroatoms. The summed E-state index contributed by atoms with van der Waals surface area (Å²) >= 11 is 0. The van der Waals surface area contributed by atoms with Crippen molar-refractivity contribution in [3.8, 4) is 0 Å². The number of likely N-dealkylation sites (N-methyl/N-ethyl adjacent to an activating group) is 1. The molecule has 3 rings (SSSR count). The molecule has 1 aromatic rings. The molecule has 2 aliphatic rings. The number of benzene rings is 1. The molecule has 0 spiro atoms. The summed E-state index contributed by atoms with van der Waals surface area (Å²) in [6.07, 6.45) is 0. The minimum atomic E-state index is -0.232. The van der Waals surface area contributed by atoms with Gasteiger partial charge in [0, 0.05) is 32.7 Å². The molecular weight excluding hydrogens is 254 g/mol. The SMILES string of the molecule is CN1CCN(NC(=O)C2CNc3ccccc3N2)CC1. The van der Waals surface area contributed by atoms with E-state index in [1.165, 1.54) is 0 Å². The predicted octanol–water partition coefficient (Wildman–Crippen LogP) is 0.171. The zero-order valence-corrected chi connectivity index (χ0v) is 11.7. The molecule has 20 heavy (non-hydrogen) atoms. The van der Waals surface area contributed by atoms with E-state index in [0.29, 0.717) is 6.54 Å². The number of hydrogen-bond donors (Lipinski definition) is 3. The van der Waals surface area contributed by atoms with E-state index in [9.17, 15) is 4.79 Å². The van der Waals surface area contributed by atoms with Gasteiger partial charge in [0.05, 0.1) is 11.4 Å². The molecule has 1 amide bonds. The van der Waals surface area contributed by atoms with E-state index in [2.05, 4.69) is 28.0 Å². The second-order valence-electron chi connectivity index (χ2n) is 5.39. The van der Waals surface area contributed by atoms with Gasteiger partial charge in [0.1, 0.15) is 6.04 Å². The number of carbonyl (C=O) groups excluding carboxylic acids is 1. The van der Waals surface area contributed by atoms with Crippen LogP contribution in [0, 0.1) is 0 Å². The zero-order valence-electron chi connectivity index (χ0n) is 11.7. The molecule has 2 aliphatic heterocycles. The lowest BCUT2D eigenvalue weighted by molar-refractivity contribution is -0.127. The van der Waals surface area contributed by atoms with Crippen LogP contribution in [0.3, 0.4) is 0 Å². The summed E-state index contributed by atoms with van der Waals surface area (Å²) in [6.45, 7) is 4.33. The molecule has 108 valence electrons. The van der Waals surface area contributed by atoms with Crippen molar-refractivity contribution in [1.82, 2.24) is 15.3 Å². The Balaban J connectivity index is 1.56. The van der Waals surface area contributed by atoms with Gasteiger partial charge in [0.2, 0.25) is 0 Å². The first kappa shape index (κ1) is 13.2. The third-order valence-electron chi connectivity index (χ3n) is 3.84. The van der Waals surface area contributed by atoms with Gasteiger partial charge in [-0.1, -0.05) is 12.1 Å². The van der Waals surface area contributed by atoms with Crippen molar-refractivity contribution in [3.63, 3.8) is 0 Å². The van der Waals surface area contributed by atoms with E-state index < -0.39 is 0 Å². The van der Waals surface area contributed by atoms with Gasteiger partial charge in [0.15, 0.2) is 0 Å². The topological polar surface area (TPSA) is 59.6 Å². The van der Waals surface area contributed by atoms with Crippen LogP contribution in [0.4, 0.5) is 11.4 Å². The van der Waals surface area contributed by atoms with Crippen molar-refractivity contribution in [2.45, 2.75) is 6.04 Å². The average Bonchev–Trinajstić information content (AvgIpc) is 2.49. The minimum absolute atomic E-state index is 0.0246. The first-order valence-electron chi connectivity index (χ1n) is 7.06. The maximum Gasteiger partial charge on any atom is 0.258 e. The van der Waals surface area contributed by atoms with Crippen LogP contribution in [0.25, 0.3) is 0 Å². The quantitative estimate of drug-likeness (QED) is 0.718. The third kappa shape index (κ3) is 2.86. The van der Waals surface area contributed by atoms with Crippen LogP contribution in [0.2, 0.25) is 0 Å². The number of nitrogens with zero attached hydrogens (tertiary/aromatic N) is 2. The molecule has 1 unspecified atom stereocenters. The van der Waals surface area contributed by atoms with Crippen LogP contribution in [0.1, 0.15) is 0 Å². The van der Waals surface area contributed by atoms with Gasteiger partial charge in [-0.3, -0.25) is 10.2 Å². The van der Waals surface area contributed by atoms with Gasteiger partial charge in [-0.15, -0.1) is 0 Å². The molecule has 2 heterocycles. The van der Waals surface area contributed by atoms with E-state index in [-0.39, 0.29) is 11.9 Å². The Labute approximate surface area is 119 Å². The monoisotopic (exact) mass is 275 g/mol. The molecule has 1 aromatic carbocycles. The number of hydrogen-bond acceptors (Lipinski definition) is 5. The Hall–Kier alpha value is -1.79. The van der Waals surface area contributed by atoms with Crippen LogP contribution in [-0.2, 0) is 4.79 Å². The first-order valence-corrected chi connectivity index (χ1v) is 7.06. The zero-order chi connectivity index (χ0) is 13.9. The number of anilines is 2. The lowest BCUT2D eigenvalue weighted by atomic mass is 10.1. The van der Waals surface area contributed by atoms with Crippen LogP contribution >= 0.6 is 0 Å². The molecule has 1 atom stereocenters. The van der Waals surface area contributed by atoms with E-state index in [1.54, 1.807) is 0 Å². The molecule has 3 N–H and O–H groups in total. The minimum Gasteiger partial charge on any atom is -0.381 e. The van der Waals surface area contributed by atoms with E-state index in [0.717, 1.165) is 37.6 Å². The van der Waals surface area contributed by atoms with Gasteiger partial charge >= 0.3 is 0 Å². The van der Waals surface area contributed by atoms with Gasteiger partial charge in [-0.05, 0) is 19.2 Å². The summed E-state index contributed by atoms with van der Waals surface area (Å²) in [5.41, 5.74) is 5.04. The molecule has 1 saturated heterocycles. The number of hydrazine groups is 1. The van der Waals surface area contributed by atoms with Crippen LogP contribution in [-0.4, -0.2) is 61.6 Å². The fraction of sp³-hybridized carbons (Fsp3) is 0.500. The van der Waals surface area contributed by atoms with Gasteiger partial charge in [0.25, 0.3) is 5.91 Å². The second-order valence-corrected chi connectivity index (χ2v) is 5.39. The van der Waals surface area contributed by atoms with Crippen LogP contribution in [0.5, 0.6) is 0 Å². The lowest BCUT2D eigenvalue weighted by Gasteiger charge is -2.34. The average molecular weight is 275 g/mol. The molecule has 0 saturated carbocycles. The molecule has 1 fully saturated rings. The summed E-state index contributed by atoms with van der Waals surface area (Å²) < 4.78 is 0. The normalized spacial score (nSPS) is 23.4. The summed E-state index contributed by atoms with van der Waals surface area (Å²) in [4.78, 5) is 14.6. The number of nitrogens with one attached hydrogen (secondary N) is 3. The van der Waals surface area contributed by atoms with Crippen molar-refractivity contribution >= 4 is 17.3 Å². The van der Waals surface area contributed by atoms with E-state index >= 15 is 0 Å². The molecule has 0 aliphatic carbocycles. The van der Waals surface area contributed by atoms with Crippen LogP contribution in [0.15, 0.2) is 24.3 Å². The Morgan fingerprint density at radius 1 is 1.20 bits per heavy atom. The highest BCUT2D eigenvalue weighted by Crippen LogP contribution is 2.25. The van der Waals surface area contributed by atoms with E-state index in [1.807, 2.05) is 29.3 Å². The molecular formula is C14H21N5O. The molecule has 6 nitrogen and oxygen atoms in total. The maximum absolute atomic E-state index is 12.3. The smallest absolute Gasteiger partial charge is 0.258 e. The van der Waals surface area contributed by atoms with Gasteiger partial charge in [-0.25, -0.2) is 5.01 Å². The van der Waals surface area contributed by atoms with Crippen molar-refractivity contribution in [1.29, 1.82) is 0 Å². The van der Waals surface area contributed by atoms with Crippen LogP contribution < -0.4 is 16.1 Å². The van der Waals surface area contributed by atoms with Gasteiger partial charge in [-0.2, -0.15) is 0 Å². The Morgan fingerprint density at radius 2 is 1.90 bits per heavy atom. The maximum atomic E-state index is 12.3. The van der Waals surface area contributed by atoms with E-state index in [4.69, 9.17) is 0 Å². The number of rotatable bonds is 2. The fourth-order valence-electron chi connectivity index (χ4n) is 2.52. The standard InChI is InChI=1S/C14H21N5O/c1-18-6-8-19(9-7-18)17-14(20)13-10-15-11-4-2-3-5-12(11)16-13/h2-5,13,15-16H,6-10H2,1H3,(H,17,20). The van der Waals surface area contributed by atoms with Crippen molar-refractivity contribution in [2.24, 2.45) is 0 Å². The largest absolute Gasteiger partial charge is 0.381 e. The summed E-state index contributed by atoms with van der Waals surface area (Å²) in [5.74, 6) is 0.0246. The lowest BCUT2D eigenvalue weighted by Crippen LogP contribution is -2.57. The summed E-state index contributed by atoms with van der Waals surface area (Å²) in [5, 5.41) is 8.58. The predicted molar refractivity (Wildman–Crippen MR) is 79.6 cm³/mol. The fourth-order valence-corrected chi connectivity index (χ4v) is 2.52. The highest BCUT2D eigenvalue weighted by Gasteiger charge is 2.25. The number of piperazine rings is 1. The number of carbonyl (C=O) groups is 1. The molecule has 0 bridgehead atoms. The Kier molecular flexibility index (Phi) is 3.75. The molecule has 0 aromatic heterocycles. The number of para-hydroxylation sites is 2. The van der Waals surface area contributed by atoms with Crippen molar-refractivity contribution in [2.75, 3.05) is 50.4 Å².